The molecule has 4 rings (SSSR count). The molecule has 0 spiro atoms. The molecule has 0 fully saturated rings. The van der Waals surface area contributed by atoms with Gasteiger partial charge in [0, 0.05) is 49.1 Å². The summed E-state index contributed by atoms with van der Waals surface area (Å²) in [6.07, 6.45) is 0.701. The largest absolute Gasteiger partial charge is 0.493 e. The van der Waals surface area contributed by atoms with Crippen LogP contribution < -0.4 is 9.64 Å². The highest BCUT2D eigenvalue weighted by atomic mass is 35.5. The Balaban J connectivity index is 1.61. The number of thiophene rings is 1. The summed E-state index contributed by atoms with van der Waals surface area (Å²) in [5.74, 6) is 0.418. The molecule has 1 N–H and O–H groups in total. The van der Waals surface area contributed by atoms with Crippen LogP contribution in [0, 0.1) is 0 Å². The minimum Gasteiger partial charge on any atom is -0.493 e. The number of para-hydroxylation sites is 1. The van der Waals surface area contributed by atoms with Crippen molar-refractivity contribution in [2.24, 2.45) is 0 Å². The third-order valence-corrected chi connectivity index (χ3v) is 7.57. The van der Waals surface area contributed by atoms with Gasteiger partial charge < -0.3 is 24.5 Å². The summed E-state index contributed by atoms with van der Waals surface area (Å²) in [5, 5.41) is 10.00. The molecule has 0 saturated heterocycles. The van der Waals surface area contributed by atoms with E-state index in [1.165, 1.54) is 16.2 Å². The Morgan fingerprint density at radius 2 is 1.81 bits per heavy atom. The molecule has 2 aromatic carbocycles. The lowest BCUT2D eigenvalue weighted by molar-refractivity contribution is 0.0786. The molecule has 3 aromatic rings. The number of amides is 2. The van der Waals surface area contributed by atoms with Crippen molar-refractivity contribution in [1.82, 2.24) is 9.80 Å². The van der Waals surface area contributed by atoms with Crippen molar-refractivity contribution in [2.75, 3.05) is 58.9 Å². The first-order valence-electron chi connectivity index (χ1n) is 11.8. The van der Waals surface area contributed by atoms with Crippen molar-refractivity contribution in [1.29, 1.82) is 0 Å². The zero-order valence-corrected chi connectivity index (χ0v) is 22.2. The van der Waals surface area contributed by atoms with Gasteiger partial charge in [-0.1, -0.05) is 23.7 Å². The fourth-order valence-electron chi connectivity index (χ4n) is 4.09. The normalized spacial score (nSPS) is 12.4. The van der Waals surface area contributed by atoms with Crippen LogP contribution in [0.15, 0.2) is 48.5 Å². The van der Waals surface area contributed by atoms with E-state index in [-0.39, 0.29) is 30.0 Å². The Morgan fingerprint density at radius 1 is 1.03 bits per heavy atom. The Kier molecular flexibility index (Phi) is 8.31. The number of aliphatic hydroxyl groups excluding tert-OH is 1. The number of carbonyl (C=O) groups excluding carboxylic acids is 2. The molecule has 0 bridgehead atoms. The highest BCUT2D eigenvalue weighted by molar-refractivity contribution is 7.17. The van der Waals surface area contributed by atoms with E-state index in [4.69, 9.17) is 16.3 Å². The van der Waals surface area contributed by atoms with E-state index in [9.17, 15) is 14.7 Å². The number of carbonyl (C=O) groups is 2. The van der Waals surface area contributed by atoms with Gasteiger partial charge in [0.15, 0.2) is 0 Å². The Morgan fingerprint density at radius 3 is 2.53 bits per heavy atom. The van der Waals surface area contributed by atoms with E-state index >= 15 is 0 Å². The molecule has 2 heterocycles. The molecule has 1 aromatic heterocycles. The number of hydrogen-bond donors (Lipinski definition) is 1. The number of fused-ring (bicyclic) bond motifs is 3. The minimum absolute atomic E-state index is 0.0802. The molecule has 0 radical (unpaired) electrons. The first kappa shape index (κ1) is 26.2. The predicted octanol–water partition coefficient (Wildman–Crippen LogP) is 4.28. The average molecular weight is 528 g/mol. The quantitative estimate of drug-likeness (QED) is 0.473. The van der Waals surface area contributed by atoms with Crippen molar-refractivity contribution in [2.45, 2.75) is 6.42 Å². The van der Waals surface area contributed by atoms with E-state index in [0.29, 0.717) is 35.7 Å². The first-order valence-corrected chi connectivity index (χ1v) is 13.0. The molecule has 36 heavy (non-hydrogen) atoms. The van der Waals surface area contributed by atoms with Crippen LogP contribution >= 0.6 is 22.9 Å². The SMILES string of the molecule is CN(C)CCN(C)C(=O)c1ccc(N(CCO)C(=O)c2cc3c(s2)-c2ccccc2OCC3)c(Cl)c1. The maximum Gasteiger partial charge on any atom is 0.268 e. The first-order chi connectivity index (χ1) is 17.3. The van der Waals surface area contributed by atoms with Gasteiger partial charge in [0.2, 0.25) is 0 Å². The van der Waals surface area contributed by atoms with E-state index in [1.54, 1.807) is 30.1 Å². The van der Waals surface area contributed by atoms with Crippen LogP contribution in [0.25, 0.3) is 10.4 Å². The van der Waals surface area contributed by atoms with Crippen LogP contribution in [0.5, 0.6) is 5.75 Å². The van der Waals surface area contributed by atoms with Gasteiger partial charge in [0.25, 0.3) is 11.8 Å². The lowest BCUT2D eigenvalue weighted by atomic mass is 10.1. The lowest BCUT2D eigenvalue weighted by Gasteiger charge is -2.24. The number of nitrogens with zero attached hydrogens (tertiary/aromatic N) is 3. The maximum absolute atomic E-state index is 13.6. The third kappa shape index (κ3) is 5.57. The van der Waals surface area contributed by atoms with Crippen LogP contribution in [-0.4, -0.2) is 80.7 Å². The molecule has 2 amide bonds. The second kappa shape index (κ2) is 11.4. The standard InChI is InChI=1S/C27H30ClN3O4S/c1-29(2)11-12-30(3)26(33)19-8-9-22(21(28)16-19)31(13-14-32)27(34)24-17-18-10-15-35-23-7-5-4-6-20(23)25(18)36-24/h4-9,16-17,32H,10-15H2,1-3H3. The average Bonchev–Trinajstić information content (AvgIpc) is 3.21. The Bertz CT molecular complexity index is 1260. The summed E-state index contributed by atoms with van der Waals surface area (Å²) in [6, 6.07) is 14.7. The van der Waals surface area contributed by atoms with Gasteiger partial charge in [0.05, 0.1) is 28.8 Å². The van der Waals surface area contributed by atoms with Crippen LogP contribution in [-0.2, 0) is 6.42 Å². The number of ether oxygens (including phenoxy) is 1. The van der Waals surface area contributed by atoms with Crippen LogP contribution in [0.3, 0.4) is 0 Å². The molecule has 0 atom stereocenters. The number of halogens is 1. The summed E-state index contributed by atoms with van der Waals surface area (Å²) >= 11 is 8.00. The van der Waals surface area contributed by atoms with Crippen molar-refractivity contribution in [3.63, 3.8) is 0 Å². The fraction of sp³-hybridized carbons (Fsp3) is 0.333. The third-order valence-electron chi connectivity index (χ3n) is 6.06. The number of likely N-dealkylation sites (N-methyl/N-ethyl adjacent to an activating group) is 2. The van der Waals surface area contributed by atoms with Gasteiger partial charge in [-0.2, -0.15) is 0 Å². The lowest BCUT2D eigenvalue weighted by Crippen LogP contribution is -2.34. The molecule has 0 unspecified atom stereocenters. The zero-order chi connectivity index (χ0) is 25.8. The second-order valence-electron chi connectivity index (χ2n) is 8.94. The van der Waals surface area contributed by atoms with Crippen molar-refractivity contribution in [3.05, 3.63) is 69.6 Å². The van der Waals surface area contributed by atoms with Crippen molar-refractivity contribution < 1.29 is 19.4 Å². The van der Waals surface area contributed by atoms with Gasteiger partial charge in [0.1, 0.15) is 5.75 Å². The van der Waals surface area contributed by atoms with Gasteiger partial charge in [-0.25, -0.2) is 0 Å². The molecule has 1 aliphatic heterocycles. The molecular formula is C27H30ClN3O4S. The van der Waals surface area contributed by atoms with Gasteiger partial charge in [-0.3, -0.25) is 9.59 Å². The molecule has 0 saturated carbocycles. The van der Waals surface area contributed by atoms with Gasteiger partial charge in [-0.05, 0) is 56.1 Å². The minimum atomic E-state index is -0.246. The number of benzene rings is 2. The van der Waals surface area contributed by atoms with Gasteiger partial charge in [-0.15, -0.1) is 11.3 Å². The van der Waals surface area contributed by atoms with Gasteiger partial charge >= 0.3 is 0 Å². The van der Waals surface area contributed by atoms with Crippen LogP contribution in [0.4, 0.5) is 5.69 Å². The Hall–Kier alpha value is -2.91. The summed E-state index contributed by atoms with van der Waals surface area (Å²) in [5.41, 5.74) is 2.93. The van der Waals surface area contributed by atoms with E-state index in [0.717, 1.165) is 28.3 Å². The highest BCUT2D eigenvalue weighted by Crippen LogP contribution is 2.41. The number of hydrogen-bond acceptors (Lipinski definition) is 6. The highest BCUT2D eigenvalue weighted by Gasteiger charge is 2.26. The van der Waals surface area contributed by atoms with Crippen molar-refractivity contribution >= 4 is 40.4 Å². The van der Waals surface area contributed by atoms with E-state index in [1.807, 2.05) is 49.3 Å². The zero-order valence-electron chi connectivity index (χ0n) is 20.7. The smallest absolute Gasteiger partial charge is 0.268 e. The summed E-state index contributed by atoms with van der Waals surface area (Å²) < 4.78 is 5.86. The van der Waals surface area contributed by atoms with Crippen LogP contribution in [0.2, 0.25) is 5.02 Å². The molecule has 9 heteroatoms. The van der Waals surface area contributed by atoms with E-state index in [2.05, 4.69) is 0 Å². The second-order valence-corrected chi connectivity index (χ2v) is 10.4. The summed E-state index contributed by atoms with van der Waals surface area (Å²) in [7, 11) is 5.66. The summed E-state index contributed by atoms with van der Waals surface area (Å²) in [4.78, 5) is 33.2. The van der Waals surface area contributed by atoms with Crippen molar-refractivity contribution in [3.8, 4) is 16.2 Å². The predicted molar refractivity (Wildman–Crippen MR) is 145 cm³/mol. The van der Waals surface area contributed by atoms with E-state index < -0.39 is 0 Å². The summed E-state index contributed by atoms with van der Waals surface area (Å²) in [6.45, 7) is 1.72. The topological polar surface area (TPSA) is 73.3 Å². The molecule has 0 aliphatic carbocycles. The molecule has 1 aliphatic rings. The monoisotopic (exact) mass is 527 g/mol. The number of anilines is 1. The fourth-order valence-corrected chi connectivity index (χ4v) is 5.57. The number of aliphatic hydroxyl groups is 1. The maximum atomic E-state index is 13.6. The number of rotatable bonds is 8. The molecule has 190 valence electrons. The molecule has 7 nitrogen and oxygen atoms in total. The Labute approximate surface area is 220 Å². The molecular weight excluding hydrogens is 498 g/mol. The van der Waals surface area contributed by atoms with Crippen LogP contribution in [0.1, 0.15) is 25.6 Å².